The number of hydrogen-bond donors (Lipinski definition) is 1. The number of hydrogen-bond acceptors (Lipinski definition) is 4. The van der Waals surface area contributed by atoms with Crippen LogP contribution in [0.5, 0.6) is 0 Å². The number of furan rings is 1. The third kappa shape index (κ3) is 2.63. The zero-order valence-corrected chi connectivity index (χ0v) is 13.0. The van der Waals surface area contributed by atoms with Crippen molar-refractivity contribution in [1.82, 2.24) is 15.1 Å². The van der Waals surface area contributed by atoms with E-state index in [0.29, 0.717) is 31.7 Å². The standard InChI is InChI=1S/C16H23N3O3/c1-2-16(5-3-6-17-16)15(21)19-9-7-18(8-10-19)14(20)13-4-11-22-12-13/h4,11-12,17H,2-3,5-10H2,1H3/t16-/m1/s1. The molecule has 120 valence electrons. The van der Waals surface area contributed by atoms with Crippen LogP contribution >= 0.6 is 0 Å². The van der Waals surface area contributed by atoms with E-state index in [-0.39, 0.29) is 17.4 Å². The van der Waals surface area contributed by atoms with Crippen molar-refractivity contribution in [3.05, 3.63) is 24.2 Å². The number of nitrogens with zero attached hydrogens (tertiary/aromatic N) is 2. The average Bonchev–Trinajstić information content (AvgIpc) is 3.25. The van der Waals surface area contributed by atoms with E-state index in [1.54, 1.807) is 11.0 Å². The van der Waals surface area contributed by atoms with Crippen molar-refractivity contribution >= 4 is 11.8 Å². The smallest absolute Gasteiger partial charge is 0.257 e. The highest BCUT2D eigenvalue weighted by atomic mass is 16.3. The SMILES string of the molecule is CC[C@]1(C(=O)N2CCN(C(=O)c3ccoc3)CC2)CCCN1. The lowest BCUT2D eigenvalue weighted by Crippen LogP contribution is -2.59. The summed E-state index contributed by atoms with van der Waals surface area (Å²) in [5, 5.41) is 3.39. The van der Waals surface area contributed by atoms with Crippen LogP contribution in [0.15, 0.2) is 23.0 Å². The highest BCUT2D eigenvalue weighted by Gasteiger charge is 2.42. The number of piperazine rings is 1. The molecule has 0 aromatic carbocycles. The Morgan fingerprint density at radius 1 is 1.27 bits per heavy atom. The molecule has 6 heteroatoms. The van der Waals surface area contributed by atoms with Crippen LogP contribution in [0.4, 0.5) is 0 Å². The van der Waals surface area contributed by atoms with E-state index in [0.717, 1.165) is 25.8 Å². The highest BCUT2D eigenvalue weighted by molar-refractivity contribution is 5.94. The van der Waals surface area contributed by atoms with E-state index < -0.39 is 0 Å². The first-order chi connectivity index (χ1) is 10.7. The van der Waals surface area contributed by atoms with Crippen molar-refractivity contribution in [2.45, 2.75) is 31.7 Å². The molecule has 3 rings (SSSR count). The molecular weight excluding hydrogens is 282 g/mol. The van der Waals surface area contributed by atoms with Crippen molar-refractivity contribution in [2.24, 2.45) is 0 Å². The van der Waals surface area contributed by atoms with Crippen molar-refractivity contribution in [3.8, 4) is 0 Å². The molecule has 0 aliphatic carbocycles. The number of nitrogens with one attached hydrogen (secondary N) is 1. The van der Waals surface area contributed by atoms with Crippen molar-refractivity contribution in [3.63, 3.8) is 0 Å². The van der Waals surface area contributed by atoms with Crippen molar-refractivity contribution < 1.29 is 14.0 Å². The summed E-state index contributed by atoms with van der Waals surface area (Å²) in [6.07, 6.45) is 5.76. The Morgan fingerprint density at radius 2 is 2.00 bits per heavy atom. The van der Waals surface area contributed by atoms with E-state index in [9.17, 15) is 9.59 Å². The van der Waals surface area contributed by atoms with Gasteiger partial charge in [0.15, 0.2) is 0 Å². The number of carbonyl (C=O) groups is 2. The van der Waals surface area contributed by atoms with Gasteiger partial charge in [0, 0.05) is 26.2 Å². The van der Waals surface area contributed by atoms with E-state index >= 15 is 0 Å². The Balaban J connectivity index is 1.60. The van der Waals surface area contributed by atoms with Crippen LogP contribution in [0.1, 0.15) is 36.5 Å². The summed E-state index contributed by atoms with van der Waals surface area (Å²) < 4.78 is 4.96. The average molecular weight is 305 g/mol. The van der Waals surface area contributed by atoms with Gasteiger partial charge >= 0.3 is 0 Å². The summed E-state index contributed by atoms with van der Waals surface area (Å²) in [6, 6.07) is 1.67. The Kier molecular flexibility index (Phi) is 4.20. The molecule has 0 unspecified atom stereocenters. The minimum Gasteiger partial charge on any atom is -0.472 e. The topological polar surface area (TPSA) is 65.8 Å². The molecule has 6 nitrogen and oxygen atoms in total. The van der Waals surface area contributed by atoms with Gasteiger partial charge in [-0.15, -0.1) is 0 Å². The Bertz CT molecular complexity index is 527. The van der Waals surface area contributed by atoms with Gasteiger partial charge in [-0.2, -0.15) is 0 Å². The van der Waals surface area contributed by atoms with Crippen LogP contribution in [0, 0.1) is 0 Å². The molecule has 22 heavy (non-hydrogen) atoms. The lowest BCUT2D eigenvalue weighted by atomic mass is 9.92. The molecule has 2 aliphatic heterocycles. The van der Waals surface area contributed by atoms with Crippen molar-refractivity contribution in [2.75, 3.05) is 32.7 Å². The molecule has 0 saturated carbocycles. The van der Waals surface area contributed by atoms with E-state index in [1.165, 1.54) is 12.5 Å². The summed E-state index contributed by atoms with van der Waals surface area (Å²) in [6.45, 7) is 5.34. The van der Waals surface area contributed by atoms with Gasteiger partial charge in [0.25, 0.3) is 5.91 Å². The lowest BCUT2D eigenvalue weighted by molar-refractivity contribution is -0.139. The quantitative estimate of drug-likeness (QED) is 0.908. The minimum atomic E-state index is -0.378. The molecule has 0 spiro atoms. The van der Waals surface area contributed by atoms with E-state index in [1.807, 2.05) is 4.90 Å². The van der Waals surface area contributed by atoms with Gasteiger partial charge in [0.1, 0.15) is 6.26 Å². The van der Waals surface area contributed by atoms with Crippen molar-refractivity contribution in [1.29, 1.82) is 0 Å². The molecule has 3 heterocycles. The molecule has 1 aromatic heterocycles. The lowest BCUT2D eigenvalue weighted by Gasteiger charge is -2.39. The zero-order valence-electron chi connectivity index (χ0n) is 13.0. The number of rotatable bonds is 3. The maximum Gasteiger partial charge on any atom is 0.257 e. The Labute approximate surface area is 130 Å². The first-order valence-corrected chi connectivity index (χ1v) is 8.02. The molecule has 1 aromatic rings. The van der Waals surface area contributed by atoms with Crippen LogP contribution in [0.2, 0.25) is 0 Å². The second kappa shape index (κ2) is 6.12. The van der Waals surface area contributed by atoms with E-state index in [4.69, 9.17) is 4.42 Å². The fourth-order valence-corrected chi connectivity index (χ4v) is 3.43. The second-order valence-electron chi connectivity index (χ2n) is 6.06. The van der Waals surface area contributed by atoms with Crippen LogP contribution in [0.25, 0.3) is 0 Å². The molecule has 0 radical (unpaired) electrons. The maximum absolute atomic E-state index is 12.8. The fraction of sp³-hybridized carbons (Fsp3) is 0.625. The van der Waals surface area contributed by atoms with Crippen LogP contribution in [-0.4, -0.2) is 59.9 Å². The van der Waals surface area contributed by atoms with Crippen LogP contribution in [0.3, 0.4) is 0 Å². The van der Waals surface area contributed by atoms with Gasteiger partial charge in [-0.05, 0) is 31.9 Å². The molecular formula is C16H23N3O3. The molecule has 1 atom stereocenters. The predicted molar refractivity (Wildman–Crippen MR) is 81.5 cm³/mol. The molecule has 2 amide bonds. The largest absolute Gasteiger partial charge is 0.472 e. The highest BCUT2D eigenvalue weighted by Crippen LogP contribution is 2.26. The van der Waals surface area contributed by atoms with Crippen LogP contribution < -0.4 is 5.32 Å². The molecule has 0 bridgehead atoms. The summed E-state index contributed by atoms with van der Waals surface area (Å²) in [5.74, 6) is 0.174. The third-order valence-corrected chi connectivity index (χ3v) is 4.88. The van der Waals surface area contributed by atoms with Gasteiger partial charge in [0.2, 0.25) is 5.91 Å². The van der Waals surface area contributed by atoms with Gasteiger partial charge in [-0.3, -0.25) is 9.59 Å². The minimum absolute atomic E-state index is 0.0231. The normalized spacial score (nSPS) is 25.5. The van der Waals surface area contributed by atoms with Crippen LogP contribution in [-0.2, 0) is 4.79 Å². The van der Waals surface area contributed by atoms with Gasteiger partial charge in [-0.1, -0.05) is 6.92 Å². The van der Waals surface area contributed by atoms with Gasteiger partial charge in [-0.25, -0.2) is 0 Å². The fourth-order valence-electron chi connectivity index (χ4n) is 3.43. The molecule has 2 saturated heterocycles. The summed E-state index contributed by atoms with van der Waals surface area (Å²) >= 11 is 0. The summed E-state index contributed by atoms with van der Waals surface area (Å²) in [7, 11) is 0. The van der Waals surface area contributed by atoms with Gasteiger partial charge < -0.3 is 19.5 Å². The Hall–Kier alpha value is -1.82. The zero-order chi connectivity index (χ0) is 15.6. The van der Waals surface area contributed by atoms with Gasteiger partial charge in [0.05, 0.1) is 17.4 Å². The number of amides is 2. The monoisotopic (exact) mass is 305 g/mol. The first-order valence-electron chi connectivity index (χ1n) is 8.02. The second-order valence-corrected chi connectivity index (χ2v) is 6.06. The number of carbonyl (C=O) groups excluding carboxylic acids is 2. The first kappa shape index (κ1) is 15.1. The Morgan fingerprint density at radius 3 is 2.55 bits per heavy atom. The predicted octanol–water partition coefficient (Wildman–Crippen LogP) is 1.10. The molecule has 1 N–H and O–H groups in total. The van der Waals surface area contributed by atoms with E-state index in [2.05, 4.69) is 12.2 Å². The molecule has 2 fully saturated rings. The summed E-state index contributed by atoms with van der Waals surface area (Å²) in [4.78, 5) is 28.8. The maximum atomic E-state index is 12.8. The molecule has 2 aliphatic rings. The summed E-state index contributed by atoms with van der Waals surface area (Å²) in [5.41, 5.74) is 0.193. The third-order valence-electron chi connectivity index (χ3n) is 4.88.